The molecular formula is C16H12BrN. The van der Waals surface area contributed by atoms with Crippen LogP contribution in [-0.2, 0) is 0 Å². The van der Waals surface area contributed by atoms with Crippen molar-refractivity contribution in [1.29, 1.82) is 0 Å². The number of pyridine rings is 1. The van der Waals surface area contributed by atoms with E-state index in [2.05, 4.69) is 58.2 Å². The van der Waals surface area contributed by atoms with Gasteiger partial charge in [-0.2, -0.15) is 0 Å². The maximum absolute atomic E-state index is 4.55. The van der Waals surface area contributed by atoms with Crippen molar-refractivity contribution in [2.24, 2.45) is 0 Å². The molecule has 3 aromatic rings. The van der Waals surface area contributed by atoms with Crippen LogP contribution >= 0.6 is 15.9 Å². The third-order valence-electron chi connectivity index (χ3n) is 3.15. The first-order valence-electron chi connectivity index (χ1n) is 5.86. The Balaban J connectivity index is 2.37. The van der Waals surface area contributed by atoms with Crippen LogP contribution in [0.1, 0.15) is 5.56 Å². The minimum absolute atomic E-state index is 1.03. The summed E-state index contributed by atoms with van der Waals surface area (Å²) in [5, 5.41) is 2.46. The van der Waals surface area contributed by atoms with Gasteiger partial charge in [-0.1, -0.05) is 52.3 Å². The molecule has 0 saturated carbocycles. The van der Waals surface area contributed by atoms with Gasteiger partial charge in [0.2, 0.25) is 0 Å². The molecule has 0 radical (unpaired) electrons. The van der Waals surface area contributed by atoms with Crippen LogP contribution in [0.5, 0.6) is 0 Å². The quantitative estimate of drug-likeness (QED) is 0.618. The van der Waals surface area contributed by atoms with Gasteiger partial charge in [0.25, 0.3) is 0 Å². The van der Waals surface area contributed by atoms with E-state index in [9.17, 15) is 0 Å². The smallest absolute Gasteiger partial charge is 0.0791 e. The first-order chi connectivity index (χ1) is 8.77. The average molecular weight is 298 g/mol. The molecule has 0 atom stereocenters. The summed E-state index contributed by atoms with van der Waals surface area (Å²) in [7, 11) is 0. The standard InChI is InChI=1S/C16H12BrN/c1-11-5-4-7-13-12(11)9-10-18-16(13)14-6-2-3-8-15(14)17/h2-10H,1H3. The van der Waals surface area contributed by atoms with E-state index in [0.29, 0.717) is 0 Å². The lowest BCUT2D eigenvalue weighted by Gasteiger charge is -2.09. The van der Waals surface area contributed by atoms with Gasteiger partial charge in [0, 0.05) is 21.6 Å². The van der Waals surface area contributed by atoms with Gasteiger partial charge in [0.1, 0.15) is 0 Å². The van der Waals surface area contributed by atoms with Crippen LogP contribution in [0.4, 0.5) is 0 Å². The highest BCUT2D eigenvalue weighted by atomic mass is 79.9. The number of hydrogen-bond donors (Lipinski definition) is 0. The molecule has 1 aromatic heterocycles. The molecule has 1 heterocycles. The van der Waals surface area contributed by atoms with Crippen molar-refractivity contribution in [3.05, 3.63) is 64.8 Å². The second kappa shape index (κ2) is 4.54. The number of nitrogens with zero attached hydrogens (tertiary/aromatic N) is 1. The molecule has 0 aliphatic carbocycles. The molecule has 1 nitrogen and oxygen atoms in total. The summed E-state index contributed by atoms with van der Waals surface area (Å²) in [5.74, 6) is 0. The molecule has 18 heavy (non-hydrogen) atoms. The number of aromatic nitrogens is 1. The molecule has 0 bridgehead atoms. The second-order valence-electron chi connectivity index (χ2n) is 4.31. The largest absolute Gasteiger partial charge is 0.256 e. The van der Waals surface area contributed by atoms with Crippen LogP contribution in [0.15, 0.2) is 59.2 Å². The van der Waals surface area contributed by atoms with Gasteiger partial charge in [0.05, 0.1) is 5.69 Å². The third-order valence-corrected chi connectivity index (χ3v) is 3.84. The lowest BCUT2D eigenvalue weighted by Crippen LogP contribution is -1.88. The Bertz CT molecular complexity index is 719. The molecule has 0 unspecified atom stereocenters. The summed E-state index contributed by atoms with van der Waals surface area (Å²) in [6.45, 7) is 2.13. The minimum Gasteiger partial charge on any atom is -0.256 e. The Morgan fingerprint density at radius 3 is 2.56 bits per heavy atom. The maximum Gasteiger partial charge on any atom is 0.0791 e. The average Bonchev–Trinajstić information content (AvgIpc) is 2.40. The van der Waals surface area contributed by atoms with E-state index in [-0.39, 0.29) is 0 Å². The normalized spacial score (nSPS) is 10.8. The van der Waals surface area contributed by atoms with Gasteiger partial charge in [-0.3, -0.25) is 4.98 Å². The molecule has 0 fully saturated rings. The minimum atomic E-state index is 1.03. The molecule has 2 heteroatoms. The van der Waals surface area contributed by atoms with E-state index in [0.717, 1.165) is 15.7 Å². The molecule has 0 aliphatic heterocycles. The van der Waals surface area contributed by atoms with E-state index in [1.807, 2.05) is 24.4 Å². The van der Waals surface area contributed by atoms with Crippen molar-refractivity contribution in [2.75, 3.05) is 0 Å². The van der Waals surface area contributed by atoms with Crippen LogP contribution in [0.3, 0.4) is 0 Å². The van der Waals surface area contributed by atoms with Gasteiger partial charge in [0.15, 0.2) is 0 Å². The van der Waals surface area contributed by atoms with Crippen molar-refractivity contribution in [3.63, 3.8) is 0 Å². The SMILES string of the molecule is Cc1cccc2c(-c3ccccc3Br)nccc12. The first-order valence-corrected chi connectivity index (χ1v) is 6.66. The van der Waals surface area contributed by atoms with Crippen molar-refractivity contribution in [3.8, 4) is 11.3 Å². The molecule has 3 rings (SSSR count). The maximum atomic E-state index is 4.55. The summed E-state index contributed by atoms with van der Waals surface area (Å²) in [4.78, 5) is 4.55. The van der Waals surface area contributed by atoms with Gasteiger partial charge in [-0.15, -0.1) is 0 Å². The van der Waals surface area contributed by atoms with E-state index in [1.54, 1.807) is 0 Å². The van der Waals surface area contributed by atoms with Crippen molar-refractivity contribution in [1.82, 2.24) is 4.98 Å². The zero-order valence-corrected chi connectivity index (χ0v) is 11.6. The predicted molar refractivity (Wildman–Crippen MR) is 79.6 cm³/mol. The molecule has 0 aliphatic rings. The van der Waals surface area contributed by atoms with Gasteiger partial charge >= 0.3 is 0 Å². The molecule has 0 spiro atoms. The van der Waals surface area contributed by atoms with E-state index in [1.165, 1.54) is 16.3 Å². The lowest BCUT2D eigenvalue weighted by atomic mass is 10.0. The fraction of sp³-hybridized carbons (Fsp3) is 0.0625. The van der Waals surface area contributed by atoms with Crippen LogP contribution in [0, 0.1) is 6.92 Å². The molecule has 2 aromatic carbocycles. The van der Waals surface area contributed by atoms with Crippen molar-refractivity contribution < 1.29 is 0 Å². The Morgan fingerprint density at radius 2 is 1.72 bits per heavy atom. The number of rotatable bonds is 1. The first kappa shape index (κ1) is 11.4. The zero-order valence-electron chi connectivity index (χ0n) is 10.0. The fourth-order valence-corrected chi connectivity index (χ4v) is 2.70. The van der Waals surface area contributed by atoms with E-state index in [4.69, 9.17) is 0 Å². The predicted octanol–water partition coefficient (Wildman–Crippen LogP) is 4.97. The highest BCUT2D eigenvalue weighted by Crippen LogP contribution is 2.32. The molecule has 88 valence electrons. The Labute approximate surface area is 115 Å². The zero-order chi connectivity index (χ0) is 12.5. The van der Waals surface area contributed by atoms with Crippen LogP contribution in [0.25, 0.3) is 22.0 Å². The number of hydrogen-bond acceptors (Lipinski definition) is 1. The monoisotopic (exact) mass is 297 g/mol. The second-order valence-corrected chi connectivity index (χ2v) is 5.16. The van der Waals surface area contributed by atoms with Gasteiger partial charge in [-0.25, -0.2) is 0 Å². The Morgan fingerprint density at radius 1 is 0.889 bits per heavy atom. The number of fused-ring (bicyclic) bond motifs is 1. The number of aryl methyl sites for hydroxylation is 1. The van der Waals surface area contributed by atoms with Crippen molar-refractivity contribution >= 4 is 26.7 Å². The van der Waals surface area contributed by atoms with E-state index < -0.39 is 0 Å². The Hall–Kier alpha value is -1.67. The lowest BCUT2D eigenvalue weighted by molar-refractivity contribution is 1.34. The molecular weight excluding hydrogens is 286 g/mol. The van der Waals surface area contributed by atoms with Crippen LogP contribution < -0.4 is 0 Å². The highest BCUT2D eigenvalue weighted by molar-refractivity contribution is 9.10. The fourth-order valence-electron chi connectivity index (χ4n) is 2.23. The summed E-state index contributed by atoms with van der Waals surface area (Å²) < 4.78 is 1.08. The summed E-state index contributed by atoms with van der Waals surface area (Å²) in [6, 6.07) is 16.6. The van der Waals surface area contributed by atoms with Gasteiger partial charge in [-0.05, 0) is 30.0 Å². The molecule has 0 amide bonds. The third kappa shape index (κ3) is 1.83. The Kier molecular flexibility index (Phi) is 2.88. The van der Waals surface area contributed by atoms with Crippen molar-refractivity contribution in [2.45, 2.75) is 6.92 Å². The van der Waals surface area contributed by atoms with Crippen LogP contribution in [-0.4, -0.2) is 4.98 Å². The van der Waals surface area contributed by atoms with Crippen LogP contribution in [0.2, 0.25) is 0 Å². The topological polar surface area (TPSA) is 12.9 Å². The number of halogens is 1. The highest BCUT2D eigenvalue weighted by Gasteiger charge is 2.08. The molecule has 0 N–H and O–H groups in total. The molecule has 0 saturated heterocycles. The number of benzene rings is 2. The summed E-state index contributed by atoms with van der Waals surface area (Å²) >= 11 is 3.60. The van der Waals surface area contributed by atoms with E-state index >= 15 is 0 Å². The summed E-state index contributed by atoms with van der Waals surface area (Å²) in [5.41, 5.74) is 3.44. The summed E-state index contributed by atoms with van der Waals surface area (Å²) in [6.07, 6.45) is 1.88. The van der Waals surface area contributed by atoms with Gasteiger partial charge < -0.3 is 0 Å².